The molecule has 1 atom stereocenters. The summed E-state index contributed by atoms with van der Waals surface area (Å²) in [7, 11) is 0. The van der Waals surface area contributed by atoms with Crippen molar-refractivity contribution in [3.63, 3.8) is 0 Å². The van der Waals surface area contributed by atoms with E-state index in [1.165, 1.54) is 4.90 Å². The van der Waals surface area contributed by atoms with Gasteiger partial charge in [-0.2, -0.15) is 18.4 Å². The Morgan fingerprint density at radius 2 is 1.67 bits per heavy atom. The number of halogens is 3. The number of nitrogens with zero attached hydrogens (tertiary/aromatic N) is 2. The van der Waals surface area contributed by atoms with Crippen LogP contribution in [-0.4, -0.2) is 41.8 Å². The normalized spacial score (nSPS) is 16.1. The second-order valence-corrected chi connectivity index (χ2v) is 5.36. The van der Waals surface area contributed by atoms with Gasteiger partial charge < -0.3 is 0 Å². The van der Waals surface area contributed by atoms with E-state index >= 15 is 0 Å². The van der Waals surface area contributed by atoms with Crippen molar-refractivity contribution in [1.82, 2.24) is 10.2 Å². The van der Waals surface area contributed by atoms with E-state index in [9.17, 15) is 13.2 Å². The molecule has 1 unspecified atom stereocenters. The molecule has 18 heavy (non-hydrogen) atoms. The molecule has 0 aliphatic carbocycles. The highest BCUT2D eigenvalue weighted by Gasteiger charge is 2.36. The first-order valence-corrected chi connectivity index (χ1v) is 5.99. The molecule has 3 nitrogen and oxygen atoms in total. The molecule has 0 saturated heterocycles. The lowest BCUT2D eigenvalue weighted by atomic mass is 10.0. The number of nitrogens with one attached hydrogen (secondary N) is 1. The molecule has 0 spiro atoms. The predicted molar refractivity (Wildman–Crippen MR) is 65.1 cm³/mol. The van der Waals surface area contributed by atoms with Gasteiger partial charge in [0.2, 0.25) is 0 Å². The highest BCUT2D eigenvalue weighted by Crippen LogP contribution is 2.20. The lowest BCUT2D eigenvalue weighted by Gasteiger charge is -2.35. The fraction of sp³-hybridized carbons (Fsp3) is 0.917. The summed E-state index contributed by atoms with van der Waals surface area (Å²) < 4.78 is 37.4. The van der Waals surface area contributed by atoms with Gasteiger partial charge >= 0.3 is 6.18 Å². The summed E-state index contributed by atoms with van der Waals surface area (Å²) in [5.41, 5.74) is -0.982. The zero-order chi connectivity index (χ0) is 14.6. The summed E-state index contributed by atoms with van der Waals surface area (Å²) >= 11 is 0. The average molecular weight is 265 g/mol. The molecule has 0 saturated carbocycles. The van der Waals surface area contributed by atoms with Crippen molar-refractivity contribution >= 4 is 0 Å². The molecule has 0 rings (SSSR count). The molecule has 0 heterocycles. The smallest absolute Gasteiger partial charge is 0.296 e. The maximum Gasteiger partial charge on any atom is 0.401 e. The third-order valence-electron chi connectivity index (χ3n) is 2.49. The number of rotatable bonds is 6. The molecule has 0 aliphatic heterocycles. The monoisotopic (exact) mass is 265 g/mol. The van der Waals surface area contributed by atoms with Crippen LogP contribution in [0.5, 0.6) is 0 Å². The van der Waals surface area contributed by atoms with E-state index < -0.39 is 18.3 Å². The first-order valence-electron chi connectivity index (χ1n) is 5.99. The molecule has 0 fully saturated rings. The van der Waals surface area contributed by atoms with Gasteiger partial charge in [0, 0.05) is 18.6 Å². The molecule has 0 aromatic heterocycles. The first kappa shape index (κ1) is 17.2. The Morgan fingerprint density at radius 1 is 1.17 bits per heavy atom. The molecule has 6 heteroatoms. The minimum Gasteiger partial charge on any atom is -0.296 e. The molecule has 1 N–H and O–H groups in total. The third kappa shape index (κ3) is 6.82. The summed E-state index contributed by atoms with van der Waals surface area (Å²) in [5, 5.41) is 12.1. The molecular weight excluding hydrogens is 243 g/mol. The van der Waals surface area contributed by atoms with Crippen LogP contribution in [0.15, 0.2) is 0 Å². The predicted octanol–water partition coefficient (Wildman–Crippen LogP) is 2.54. The van der Waals surface area contributed by atoms with Crippen LogP contribution in [0.3, 0.4) is 0 Å². The summed E-state index contributed by atoms with van der Waals surface area (Å²) in [6, 6.07) is 1.83. The Hall–Kier alpha value is -0.800. The van der Waals surface area contributed by atoms with Crippen molar-refractivity contribution in [2.45, 2.75) is 58.4 Å². The zero-order valence-electron chi connectivity index (χ0n) is 11.6. The number of nitriles is 1. The molecule has 0 aromatic rings. The maximum absolute atomic E-state index is 12.5. The van der Waals surface area contributed by atoms with Crippen LogP contribution in [-0.2, 0) is 0 Å². The summed E-state index contributed by atoms with van der Waals surface area (Å²) in [4.78, 5) is 1.26. The number of alkyl halides is 3. The first-order chi connectivity index (χ1) is 7.99. The highest BCUT2D eigenvalue weighted by molar-refractivity contribution is 5.06. The molecule has 0 amide bonds. The minimum atomic E-state index is -4.25. The van der Waals surface area contributed by atoms with Crippen LogP contribution < -0.4 is 5.32 Å². The van der Waals surface area contributed by atoms with Crippen molar-refractivity contribution in [3.05, 3.63) is 0 Å². The Kier molecular flexibility index (Phi) is 6.11. The highest BCUT2D eigenvalue weighted by atomic mass is 19.4. The maximum atomic E-state index is 12.5. The van der Waals surface area contributed by atoms with Crippen molar-refractivity contribution in [2.24, 2.45) is 0 Å². The van der Waals surface area contributed by atoms with Crippen molar-refractivity contribution in [1.29, 1.82) is 5.26 Å². The number of hydrogen-bond donors (Lipinski definition) is 1. The van der Waals surface area contributed by atoms with E-state index in [-0.39, 0.29) is 18.6 Å². The lowest BCUT2D eigenvalue weighted by Crippen LogP contribution is -2.55. The molecule has 0 aliphatic rings. The molecule has 0 bridgehead atoms. The average Bonchev–Trinajstić information content (AvgIpc) is 2.13. The zero-order valence-corrected chi connectivity index (χ0v) is 11.6. The van der Waals surface area contributed by atoms with Gasteiger partial charge in [0.25, 0.3) is 0 Å². The van der Waals surface area contributed by atoms with E-state index in [0.717, 1.165) is 0 Å². The van der Waals surface area contributed by atoms with E-state index in [1.807, 2.05) is 13.8 Å². The van der Waals surface area contributed by atoms with Crippen LogP contribution in [0.25, 0.3) is 0 Å². The molecule has 0 aromatic carbocycles. The Morgan fingerprint density at radius 3 is 1.94 bits per heavy atom. The van der Waals surface area contributed by atoms with Gasteiger partial charge in [0.15, 0.2) is 0 Å². The Balaban J connectivity index is 4.80. The van der Waals surface area contributed by atoms with Crippen molar-refractivity contribution in [3.8, 4) is 6.07 Å². The van der Waals surface area contributed by atoms with E-state index in [2.05, 4.69) is 11.4 Å². The quantitative estimate of drug-likeness (QED) is 0.802. The van der Waals surface area contributed by atoms with Crippen molar-refractivity contribution in [2.75, 3.05) is 13.1 Å². The Labute approximate surface area is 107 Å². The molecule has 106 valence electrons. The summed E-state index contributed by atoms with van der Waals surface area (Å²) in [6.45, 7) is 7.77. The van der Waals surface area contributed by atoms with Gasteiger partial charge in [0.05, 0.1) is 12.6 Å². The lowest BCUT2D eigenvalue weighted by molar-refractivity contribution is -0.151. The topological polar surface area (TPSA) is 39.1 Å². The fourth-order valence-electron chi connectivity index (χ4n) is 1.81. The van der Waals surface area contributed by atoms with E-state index in [1.54, 1.807) is 20.8 Å². The second kappa shape index (κ2) is 6.39. The van der Waals surface area contributed by atoms with Gasteiger partial charge in [-0.05, 0) is 34.6 Å². The SMILES string of the molecule is CC(C)NC(C)(C#N)CN(CC(F)(F)F)C(C)C. The standard InChI is InChI=1S/C12H22F3N3/c1-9(2)17-11(5,6-16)7-18(10(3)4)8-12(13,14)15/h9-10,17H,7-8H2,1-5H3. The van der Waals surface area contributed by atoms with Crippen LogP contribution in [0.2, 0.25) is 0 Å². The minimum absolute atomic E-state index is 0.0366. The van der Waals surface area contributed by atoms with Gasteiger partial charge in [0.1, 0.15) is 5.54 Å². The van der Waals surface area contributed by atoms with E-state index in [4.69, 9.17) is 5.26 Å². The van der Waals surface area contributed by atoms with Gasteiger partial charge in [-0.3, -0.25) is 10.2 Å². The molecule has 0 radical (unpaired) electrons. The largest absolute Gasteiger partial charge is 0.401 e. The Bertz CT molecular complexity index is 294. The van der Waals surface area contributed by atoms with Gasteiger partial charge in [-0.15, -0.1) is 0 Å². The fourth-order valence-corrected chi connectivity index (χ4v) is 1.81. The van der Waals surface area contributed by atoms with E-state index in [0.29, 0.717) is 0 Å². The van der Waals surface area contributed by atoms with Crippen LogP contribution in [0, 0.1) is 11.3 Å². The third-order valence-corrected chi connectivity index (χ3v) is 2.49. The van der Waals surface area contributed by atoms with Crippen molar-refractivity contribution < 1.29 is 13.2 Å². The van der Waals surface area contributed by atoms with Crippen LogP contribution >= 0.6 is 0 Å². The van der Waals surface area contributed by atoms with Gasteiger partial charge in [-0.25, -0.2) is 0 Å². The van der Waals surface area contributed by atoms with Gasteiger partial charge in [-0.1, -0.05) is 0 Å². The number of hydrogen-bond acceptors (Lipinski definition) is 3. The second-order valence-electron chi connectivity index (χ2n) is 5.36. The molecular formula is C12H22F3N3. The van der Waals surface area contributed by atoms with Crippen LogP contribution in [0.1, 0.15) is 34.6 Å². The van der Waals surface area contributed by atoms with Crippen LogP contribution in [0.4, 0.5) is 13.2 Å². The summed E-state index contributed by atoms with van der Waals surface area (Å²) in [5.74, 6) is 0. The summed E-state index contributed by atoms with van der Waals surface area (Å²) in [6.07, 6.45) is -4.25.